The summed E-state index contributed by atoms with van der Waals surface area (Å²) < 4.78 is 9.92. The van der Waals surface area contributed by atoms with Gasteiger partial charge in [-0.3, -0.25) is 19.2 Å². The van der Waals surface area contributed by atoms with Gasteiger partial charge in [0.1, 0.15) is 11.5 Å². The lowest BCUT2D eigenvalue weighted by Crippen LogP contribution is -2.30. The summed E-state index contributed by atoms with van der Waals surface area (Å²) in [6, 6.07) is 12.7. The van der Waals surface area contributed by atoms with Crippen molar-refractivity contribution < 1.29 is 29.0 Å². The SMILES string of the molecule is COC(=O)CC(C1=C(O)c2ccccc2C(=O)C1=O)c1cc2ccc(OC)cc2[nH]c1=O. The number of aliphatic hydroxyl groups excluding tert-OH is 1. The molecular formula is C24H19NO7. The Morgan fingerprint density at radius 2 is 1.72 bits per heavy atom. The van der Waals surface area contributed by atoms with E-state index < -0.39 is 41.2 Å². The lowest BCUT2D eigenvalue weighted by atomic mass is 9.78. The van der Waals surface area contributed by atoms with Gasteiger partial charge in [0.15, 0.2) is 0 Å². The molecule has 32 heavy (non-hydrogen) atoms. The molecule has 0 radical (unpaired) electrons. The van der Waals surface area contributed by atoms with Crippen LogP contribution in [0.2, 0.25) is 0 Å². The number of fused-ring (bicyclic) bond motifs is 2. The highest BCUT2D eigenvalue weighted by atomic mass is 16.5. The molecule has 0 spiro atoms. The molecule has 2 aromatic carbocycles. The molecule has 0 amide bonds. The Morgan fingerprint density at radius 1 is 1.00 bits per heavy atom. The largest absolute Gasteiger partial charge is 0.507 e. The third-order valence-electron chi connectivity index (χ3n) is 5.54. The van der Waals surface area contributed by atoms with E-state index >= 15 is 0 Å². The van der Waals surface area contributed by atoms with E-state index in [2.05, 4.69) is 4.98 Å². The quantitative estimate of drug-likeness (QED) is 0.468. The summed E-state index contributed by atoms with van der Waals surface area (Å²) in [5.41, 5.74) is -0.102. The van der Waals surface area contributed by atoms with Crippen LogP contribution in [0.15, 0.2) is 58.9 Å². The van der Waals surface area contributed by atoms with Crippen LogP contribution >= 0.6 is 0 Å². The second-order valence-corrected chi connectivity index (χ2v) is 7.31. The van der Waals surface area contributed by atoms with Gasteiger partial charge in [-0.1, -0.05) is 24.3 Å². The average molecular weight is 433 g/mol. The number of ketones is 2. The molecule has 4 rings (SSSR count). The number of hydrogen-bond acceptors (Lipinski definition) is 7. The van der Waals surface area contributed by atoms with E-state index in [4.69, 9.17) is 9.47 Å². The van der Waals surface area contributed by atoms with Crippen LogP contribution in [0, 0.1) is 0 Å². The number of methoxy groups -OCH3 is 2. The molecule has 0 saturated heterocycles. The highest BCUT2D eigenvalue weighted by Gasteiger charge is 2.39. The fourth-order valence-electron chi connectivity index (χ4n) is 3.91. The number of H-pyrrole nitrogens is 1. The molecule has 1 aromatic heterocycles. The van der Waals surface area contributed by atoms with Crippen LogP contribution in [-0.2, 0) is 14.3 Å². The number of aliphatic hydroxyl groups is 1. The Morgan fingerprint density at radius 3 is 2.41 bits per heavy atom. The Hall–Kier alpha value is -4.20. The second kappa shape index (κ2) is 8.14. The molecule has 1 unspecified atom stereocenters. The Balaban J connectivity index is 1.96. The molecule has 8 heteroatoms. The van der Waals surface area contributed by atoms with Gasteiger partial charge in [0, 0.05) is 28.7 Å². The van der Waals surface area contributed by atoms with Crippen molar-refractivity contribution >= 4 is 34.2 Å². The van der Waals surface area contributed by atoms with E-state index in [1.165, 1.54) is 32.4 Å². The number of hydrogen-bond donors (Lipinski definition) is 2. The second-order valence-electron chi connectivity index (χ2n) is 7.31. The first kappa shape index (κ1) is 21.0. The zero-order valence-electron chi connectivity index (χ0n) is 17.3. The minimum Gasteiger partial charge on any atom is -0.507 e. The summed E-state index contributed by atoms with van der Waals surface area (Å²) in [6.07, 6.45) is -0.415. The van der Waals surface area contributed by atoms with Crippen LogP contribution in [0.3, 0.4) is 0 Å². The van der Waals surface area contributed by atoms with Gasteiger partial charge in [-0.15, -0.1) is 0 Å². The lowest BCUT2D eigenvalue weighted by molar-refractivity contribution is -0.140. The summed E-state index contributed by atoms with van der Waals surface area (Å²) in [6.45, 7) is 0. The number of aromatic nitrogens is 1. The van der Waals surface area contributed by atoms with Crippen molar-refractivity contribution in [3.8, 4) is 5.75 Å². The van der Waals surface area contributed by atoms with Gasteiger partial charge in [0.25, 0.3) is 5.56 Å². The van der Waals surface area contributed by atoms with Crippen molar-refractivity contribution in [2.75, 3.05) is 14.2 Å². The molecule has 1 atom stereocenters. The number of Topliss-reactive ketones (excluding diaryl/α,β-unsaturated/α-hetero) is 2. The number of rotatable bonds is 5. The van der Waals surface area contributed by atoms with E-state index in [1.54, 1.807) is 30.3 Å². The number of esters is 1. The molecule has 1 aliphatic carbocycles. The average Bonchev–Trinajstić information content (AvgIpc) is 2.81. The van der Waals surface area contributed by atoms with Crippen LogP contribution in [-0.4, -0.2) is 41.8 Å². The van der Waals surface area contributed by atoms with Crippen LogP contribution in [0.25, 0.3) is 16.7 Å². The van der Waals surface area contributed by atoms with E-state index in [1.807, 2.05) is 0 Å². The van der Waals surface area contributed by atoms with E-state index in [0.717, 1.165) is 0 Å². The number of carbonyl (C=O) groups excluding carboxylic acids is 3. The van der Waals surface area contributed by atoms with E-state index in [0.29, 0.717) is 16.7 Å². The van der Waals surface area contributed by atoms with Gasteiger partial charge in [0.05, 0.1) is 31.7 Å². The number of aromatic amines is 1. The van der Waals surface area contributed by atoms with Crippen molar-refractivity contribution in [1.29, 1.82) is 0 Å². The number of ether oxygens (including phenoxy) is 2. The predicted molar refractivity (Wildman–Crippen MR) is 116 cm³/mol. The monoisotopic (exact) mass is 433 g/mol. The molecule has 0 aliphatic heterocycles. The maximum absolute atomic E-state index is 13.0. The maximum atomic E-state index is 13.0. The van der Waals surface area contributed by atoms with Gasteiger partial charge in [0.2, 0.25) is 11.6 Å². The Labute approximate surface area is 182 Å². The fourth-order valence-corrected chi connectivity index (χ4v) is 3.91. The number of nitrogens with one attached hydrogen (secondary N) is 1. The van der Waals surface area contributed by atoms with Crippen LogP contribution in [0.4, 0.5) is 0 Å². The fraction of sp³-hybridized carbons (Fsp3) is 0.167. The van der Waals surface area contributed by atoms with E-state index in [9.17, 15) is 24.3 Å². The van der Waals surface area contributed by atoms with Crippen molar-refractivity contribution in [3.05, 3.63) is 81.1 Å². The predicted octanol–water partition coefficient (Wildman–Crippen LogP) is 2.92. The van der Waals surface area contributed by atoms with Gasteiger partial charge in [-0.25, -0.2) is 0 Å². The number of allylic oxidation sites excluding steroid dienone is 1. The van der Waals surface area contributed by atoms with E-state index in [-0.39, 0.29) is 22.3 Å². The highest BCUT2D eigenvalue weighted by molar-refractivity contribution is 6.52. The third kappa shape index (κ3) is 3.45. The van der Waals surface area contributed by atoms with Crippen LogP contribution in [0.5, 0.6) is 5.75 Å². The molecule has 162 valence electrons. The van der Waals surface area contributed by atoms with Crippen molar-refractivity contribution in [3.63, 3.8) is 0 Å². The first-order valence-corrected chi connectivity index (χ1v) is 9.75. The molecule has 1 heterocycles. The smallest absolute Gasteiger partial charge is 0.306 e. The highest BCUT2D eigenvalue weighted by Crippen LogP contribution is 2.37. The topological polar surface area (TPSA) is 123 Å². The van der Waals surface area contributed by atoms with Crippen LogP contribution < -0.4 is 10.3 Å². The maximum Gasteiger partial charge on any atom is 0.306 e. The lowest BCUT2D eigenvalue weighted by Gasteiger charge is -2.24. The molecular weight excluding hydrogens is 414 g/mol. The standard InChI is InChI=1S/C24H19NO7/c1-31-13-8-7-12-9-17(24(30)25-18(12)10-13)16(11-19(26)32-2)20-21(27)14-5-3-4-6-15(14)22(28)23(20)29/h3-10,16,27H,11H2,1-2H3,(H,25,30). The molecule has 0 bridgehead atoms. The summed E-state index contributed by atoms with van der Waals surface area (Å²) in [7, 11) is 2.67. The minimum atomic E-state index is -1.19. The van der Waals surface area contributed by atoms with Gasteiger partial charge < -0.3 is 19.6 Å². The van der Waals surface area contributed by atoms with Crippen molar-refractivity contribution in [2.45, 2.75) is 12.3 Å². The summed E-state index contributed by atoms with van der Waals surface area (Å²) in [5, 5.41) is 11.5. The third-order valence-corrected chi connectivity index (χ3v) is 5.54. The molecule has 3 aromatic rings. The van der Waals surface area contributed by atoms with Crippen molar-refractivity contribution in [2.24, 2.45) is 0 Å². The normalized spacial score (nSPS) is 14.3. The minimum absolute atomic E-state index is 0.0511. The molecule has 1 aliphatic rings. The van der Waals surface area contributed by atoms with Gasteiger partial charge in [-0.2, -0.15) is 0 Å². The number of carbonyl (C=O) groups is 3. The van der Waals surface area contributed by atoms with Gasteiger partial charge >= 0.3 is 5.97 Å². The molecule has 0 fully saturated rings. The molecule has 8 nitrogen and oxygen atoms in total. The van der Waals surface area contributed by atoms with Gasteiger partial charge in [-0.05, 0) is 23.6 Å². The first-order valence-electron chi connectivity index (χ1n) is 9.75. The Bertz CT molecular complexity index is 1370. The zero-order valence-corrected chi connectivity index (χ0v) is 17.3. The zero-order chi connectivity index (χ0) is 23.0. The Kier molecular flexibility index (Phi) is 5.36. The summed E-state index contributed by atoms with van der Waals surface area (Å²) in [4.78, 5) is 53.6. The van der Waals surface area contributed by atoms with Crippen molar-refractivity contribution in [1.82, 2.24) is 4.98 Å². The first-order chi connectivity index (χ1) is 15.3. The van der Waals surface area contributed by atoms with Crippen LogP contribution in [0.1, 0.15) is 33.8 Å². The number of pyridine rings is 1. The molecule has 0 saturated carbocycles. The number of benzene rings is 2. The summed E-state index contributed by atoms with van der Waals surface area (Å²) in [5.74, 6) is -3.58. The molecule has 2 N–H and O–H groups in total. The summed E-state index contributed by atoms with van der Waals surface area (Å²) >= 11 is 0.